The summed E-state index contributed by atoms with van der Waals surface area (Å²) in [7, 11) is 0. The number of nitriles is 1. The molecule has 1 atom stereocenters. The number of carbonyl (C=O) groups is 1. The van der Waals surface area contributed by atoms with Gasteiger partial charge in [-0.15, -0.1) is 0 Å². The molecule has 1 aliphatic rings. The van der Waals surface area contributed by atoms with Crippen LogP contribution in [0.25, 0.3) is 0 Å². The fourth-order valence-corrected chi connectivity index (χ4v) is 2.64. The number of amides is 1. The van der Waals surface area contributed by atoms with Crippen molar-refractivity contribution >= 4 is 5.91 Å². The Morgan fingerprint density at radius 3 is 2.84 bits per heavy atom. The van der Waals surface area contributed by atoms with Crippen LogP contribution < -0.4 is 5.32 Å². The Kier molecular flexibility index (Phi) is 4.57. The number of rotatable bonds is 4. The van der Waals surface area contributed by atoms with E-state index < -0.39 is 5.92 Å². The van der Waals surface area contributed by atoms with Gasteiger partial charge >= 0.3 is 0 Å². The van der Waals surface area contributed by atoms with E-state index in [1.165, 1.54) is 12.8 Å². The smallest absolute Gasteiger partial charge is 0.237 e. The summed E-state index contributed by atoms with van der Waals surface area (Å²) in [6.45, 7) is 2.02. The summed E-state index contributed by atoms with van der Waals surface area (Å²) in [6.07, 6.45) is 4.96. The molecule has 1 unspecified atom stereocenters. The largest absolute Gasteiger partial charge is 0.352 e. The van der Waals surface area contributed by atoms with Gasteiger partial charge in [-0.2, -0.15) is 5.26 Å². The lowest BCUT2D eigenvalue weighted by Gasteiger charge is -2.15. The molecular formula is C16H20N2O. The second kappa shape index (κ2) is 6.38. The zero-order valence-corrected chi connectivity index (χ0v) is 11.4. The summed E-state index contributed by atoms with van der Waals surface area (Å²) in [5.74, 6) is -0.696. The van der Waals surface area contributed by atoms with Crippen LogP contribution in [0.5, 0.6) is 0 Å². The van der Waals surface area contributed by atoms with Crippen LogP contribution in [0.4, 0.5) is 0 Å². The van der Waals surface area contributed by atoms with E-state index in [1.807, 2.05) is 31.2 Å². The molecule has 1 saturated carbocycles. The molecule has 3 heteroatoms. The summed E-state index contributed by atoms with van der Waals surface area (Å²) >= 11 is 0. The third-order valence-electron chi connectivity index (χ3n) is 3.70. The zero-order chi connectivity index (χ0) is 13.7. The van der Waals surface area contributed by atoms with E-state index in [-0.39, 0.29) is 11.9 Å². The Bertz CT molecular complexity index is 484. The first-order valence-electron chi connectivity index (χ1n) is 6.94. The molecule has 1 aromatic carbocycles. The quantitative estimate of drug-likeness (QED) is 0.900. The van der Waals surface area contributed by atoms with Crippen LogP contribution in [0, 0.1) is 24.2 Å². The molecule has 0 heterocycles. The number of benzene rings is 1. The number of nitrogens with one attached hydrogen (secondary N) is 1. The number of hydrogen-bond donors (Lipinski definition) is 1. The van der Waals surface area contributed by atoms with Crippen molar-refractivity contribution in [3.63, 3.8) is 0 Å². The average Bonchev–Trinajstić information content (AvgIpc) is 2.88. The van der Waals surface area contributed by atoms with Crippen molar-refractivity contribution in [1.29, 1.82) is 5.26 Å². The molecule has 0 aliphatic heterocycles. The first-order chi connectivity index (χ1) is 9.19. The summed E-state index contributed by atoms with van der Waals surface area (Å²) in [4.78, 5) is 12.1. The molecule has 0 saturated heterocycles. The molecular weight excluding hydrogens is 236 g/mol. The van der Waals surface area contributed by atoms with Crippen LogP contribution >= 0.6 is 0 Å². The van der Waals surface area contributed by atoms with E-state index in [1.54, 1.807) is 0 Å². The lowest BCUT2D eigenvalue weighted by molar-refractivity contribution is -0.124. The molecule has 1 N–H and O–H groups in total. The number of carbonyl (C=O) groups excluding carboxylic acids is 1. The minimum atomic E-state index is -0.581. The molecule has 0 radical (unpaired) electrons. The van der Waals surface area contributed by atoms with Crippen molar-refractivity contribution in [2.75, 3.05) is 0 Å². The molecule has 0 bridgehead atoms. The number of nitrogens with zero attached hydrogens (tertiary/aromatic N) is 1. The van der Waals surface area contributed by atoms with Gasteiger partial charge in [0.25, 0.3) is 0 Å². The van der Waals surface area contributed by atoms with E-state index >= 15 is 0 Å². The molecule has 1 aliphatic carbocycles. The monoisotopic (exact) mass is 256 g/mol. The Morgan fingerprint density at radius 1 is 1.47 bits per heavy atom. The first kappa shape index (κ1) is 13.6. The fourth-order valence-electron chi connectivity index (χ4n) is 2.64. The summed E-state index contributed by atoms with van der Waals surface area (Å²) in [6, 6.07) is 10.4. The topological polar surface area (TPSA) is 52.9 Å². The number of hydrogen-bond acceptors (Lipinski definition) is 2. The van der Waals surface area contributed by atoms with Gasteiger partial charge in [-0.1, -0.05) is 42.7 Å². The predicted octanol–water partition coefficient (Wildman–Crippen LogP) is 2.74. The number of aryl methyl sites for hydroxylation is 1. The predicted molar refractivity (Wildman–Crippen MR) is 74.4 cm³/mol. The van der Waals surface area contributed by atoms with Gasteiger partial charge in [0, 0.05) is 6.04 Å². The third kappa shape index (κ3) is 3.82. The molecule has 1 aromatic rings. The van der Waals surface area contributed by atoms with E-state index in [4.69, 9.17) is 0 Å². The highest BCUT2D eigenvalue weighted by Crippen LogP contribution is 2.18. The molecule has 1 amide bonds. The van der Waals surface area contributed by atoms with Gasteiger partial charge in [-0.05, 0) is 31.7 Å². The SMILES string of the molecule is Cc1cccc(CC(C#N)C(=O)NC2CCCC2)c1. The average molecular weight is 256 g/mol. The van der Waals surface area contributed by atoms with Gasteiger partial charge in [0.05, 0.1) is 6.07 Å². The minimum absolute atomic E-state index is 0.115. The Morgan fingerprint density at radius 2 is 2.21 bits per heavy atom. The lowest BCUT2D eigenvalue weighted by atomic mass is 9.98. The standard InChI is InChI=1S/C16H20N2O/c1-12-5-4-6-13(9-12)10-14(11-17)16(19)18-15-7-2-3-8-15/h4-6,9,14-15H,2-3,7-8,10H2,1H3,(H,18,19). The molecule has 1 fully saturated rings. The minimum Gasteiger partial charge on any atom is -0.352 e. The highest BCUT2D eigenvalue weighted by Gasteiger charge is 2.23. The van der Waals surface area contributed by atoms with Crippen molar-refractivity contribution in [1.82, 2.24) is 5.32 Å². The lowest BCUT2D eigenvalue weighted by Crippen LogP contribution is -2.37. The van der Waals surface area contributed by atoms with Gasteiger partial charge in [-0.25, -0.2) is 0 Å². The highest BCUT2D eigenvalue weighted by molar-refractivity contribution is 5.81. The van der Waals surface area contributed by atoms with Crippen LogP contribution in [0.1, 0.15) is 36.8 Å². The summed E-state index contributed by atoms with van der Waals surface area (Å²) in [5, 5.41) is 12.2. The third-order valence-corrected chi connectivity index (χ3v) is 3.70. The van der Waals surface area contributed by atoms with Crippen molar-refractivity contribution < 1.29 is 4.79 Å². The second-order valence-electron chi connectivity index (χ2n) is 5.36. The molecule has 3 nitrogen and oxygen atoms in total. The van der Waals surface area contributed by atoms with E-state index in [0.717, 1.165) is 24.0 Å². The van der Waals surface area contributed by atoms with Crippen molar-refractivity contribution in [3.8, 4) is 6.07 Å². The Balaban J connectivity index is 1.95. The Labute approximate surface area is 114 Å². The molecule has 2 rings (SSSR count). The normalized spacial score (nSPS) is 16.8. The van der Waals surface area contributed by atoms with Gasteiger partial charge in [0.2, 0.25) is 5.91 Å². The van der Waals surface area contributed by atoms with Gasteiger partial charge in [0.1, 0.15) is 5.92 Å². The van der Waals surface area contributed by atoms with E-state index in [9.17, 15) is 10.1 Å². The fraction of sp³-hybridized carbons (Fsp3) is 0.500. The van der Waals surface area contributed by atoms with Gasteiger partial charge < -0.3 is 5.32 Å². The second-order valence-corrected chi connectivity index (χ2v) is 5.36. The highest BCUT2D eigenvalue weighted by atomic mass is 16.1. The maximum atomic E-state index is 12.1. The van der Waals surface area contributed by atoms with Gasteiger partial charge in [-0.3, -0.25) is 4.79 Å². The van der Waals surface area contributed by atoms with Gasteiger partial charge in [0.15, 0.2) is 0 Å². The molecule has 0 spiro atoms. The van der Waals surface area contributed by atoms with Crippen molar-refractivity contribution in [2.24, 2.45) is 5.92 Å². The van der Waals surface area contributed by atoms with Crippen LogP contribution in [-0.4, -0.2) is 11.9 Å². The Hall–Kier alpha value is -1.82. The molecule has 19 heavy (non-hydrogen) atoms. The summed E-state index contributed by atoms with van der Waals surface area (Å²) < 4.78 is 0. The van der Waals surface area contributed by atoms with Crippen LogP contribution in [0.3, 0.4) is 0 Å². The molecule has 100 valence electrons. The molecule has 0 aromatic heterocycles. The van der Waals surface area contributed by atoms with Crippen molar-refractivity contribution in [3.05, 3.63) is 35.4 Å². The zero-order valence-electron chi connectivity index (χ0n) is 11.4. The summed E-state index contributed by atoms with van der Waals surface area (Å²) in [5.41, 5.74) is 2.21. The van der Waals surface area contributed by atoms with E-state index in [0.29, 0.717) is 6.42 Å². The first-order valence-corrected chi connectivity index (χ1v) is 6.94. The maximum Gasteiger partial charge on any atom is 0.237 e. The van der Waals surface area contributed by atoms with Crippen LogP contribution in [-0.2, 0) is 11.2 Å². The van der Waals surface area contributed by atoms with Crippen LogP contribution in [0.2, 0.25) is 0 Å². The van der Waals surface area contributed by atoms with Crippen LogP contribution in [0.15, 0.2) is 24.3 Å². The van der Waals surface area contributed by atoms with Crippen molar-refractivity contribution in [2.45, 2.75) is 45.1 Å². The maximum absolute atomic E-state index is 12.1. The van der Waals surface area contributed by atoms with E-state index in [2.05, 4.69) is 11.4 Å².